The third kappa shape index (κ3) is 3.40. The average Bonchev–Trinajstić information content (AvgIpc) is 2.82. The van der Waals surface area contributed by atoms with Gasteiger partial charge < -0.3 is 5.73 Å². The van der Waals surface area contributed by atoms with Crippen LogP contribution in [-0.2, 0) is 6.54 Å². The van der Waals surface area contributed by atoms with E-state index in [0.29, 0.717) is 0 Å². The second-order valence-electron chi connectivity index (χ2n) is 4.56. The van der Waals surface area contributed by atoms with Crippen LogP contribution in [0.25, 0.3) is 0 Å². The van der Waals surface area contributed by atoms with E-state index in [0.717, 1.165) is 16.8 Å². The maximum Gasteiger partial charge on any atom is 0.273 e. The molecule has 1 aromatic carbocycles. The largest absolute Gasteiger partial charge is 0.364 e. The molecule has 22 heavy (non-hydrogen) atoms. The molecule has 0 aliphatic rings. The molecule has 1 aromatic heterocycles. The van der Waals surface area contributed by atoms with Gasteiger partial charge in [0.1, 0.15) is 11.6 Å². The summed E-state index contributed by atoms with van der Waals surface area (Å²) in [5.74, 6) is -2.28. The lowest BCUT2D eigenvalue weighted by Gasteiger charge is -2.06. The summed E-state index contributed by atoms with van der Waals surface area (Å²) >= 11 is 0. The Hall–Kier alpha value is -2.91. The second-order valence-corrected chi connectivity index (χ2v) is 4.56. The molecule has 0 aliphatic carbocycles. The summed E-state index contributed by atoms with van der Waals surface area (Å²) in [6.45, 7) is -0.103. The molecule has 0 fully saturated rings. The minimum absolute atomic E-state index is 0.00933. The summed E-state index contributed by atoms with van der Waals surface area (Å²) in [7, 11) is 3.25. The highest BCUT2D eigenvalue weighted by atomic mass is 19.1. The van der Waals surface area contributed by atoms with Crippen molar-refractivity contribution in [2.24, 2.45) is 16.1 Å². The van der Waals surface area contributed by atoms with E-state index in [2.05, 4.69) is 20.6 Å². The van der Waals surface area contributed by atoms with Crippen LogP contribution in [-0.4, -0.2) is 40.0 Å². The Balaban J connectivity index is 2.40. The molecular formula is C12H13F2N7O. The number of benzene rings is 1. The Morgan fingerprint density at radius 2 is 2.14 bits per heavy atom. The van der Waals surface area contributed by atoms with Crippen molar-refractivity contribution in [3.05, 3.63) is 41.1 Å². The molecule has 8 nitrogen and oxygen atoms in total. The normalized spacial score (nSPS) is 11.1. The highest BCUT2D eigenvalue weighted by Crippen LogP contribution is 2.20. The van der Waals surface area contributed by atoms with Gasteiger partial charge in [-0.3, -0.25) is 9.80 Å². The SMILES string of the molecule is CN(C)N=Nc1c(C(N)=O)nnn1Cc1ccc(F)cc1F. The van der Waals surface area contributed by atoms with Gasteiger partial charge >= 0.3 is 0 Å². The van der Waals surface area contributed by atoms with Crippen molar-refractivity contribution in [1.82, 2.24) is 20.0 Å². The Labute approximate surface area is 124 Å². The first kappa shape index (κ1) is 15.5. The highest BCUT2D eigenvalue weighted by Gasteiger charge is 2.18. The third-order valence-corrected chi connectivity index (χ3v) is 2.60. The number of amides is 1. The van der Waals surface area contributed by atoms with Gasteiger partial charge in [-0.15, -0.1) is 10.2 Å². The zero-order valence-corrected chi connectivity index (χ0v) is 11.9. The number of carbonyl (C=O) groups is 1. The second kappa shape index (κ2) is 6.24. The molecule has 2 N–H and O–H groups in total. The lowest BCUT2D eigenvalue weighted by molar-refractivity contribution is 0.0996. The topological polar surface area (TPSA) is 102 Å². The molecule has 0 spiro atoms. The van der Waals surface area contributed by atoms with Crippen LogP contribution in [0.2, 0.25) is 0 Å². The molecule has 1 amide bonds. The van der Waals surface area contributed by atoms with E-state index in [4.69, 9.17) is 5.73 Å². The van der Waals surface area contributed by atoms with Crippen molar-refractivity contribution in [3.63, 3.8) is 0 Å². The van der Waals surface area contributed by atoms with Crippen LogP contribution in [0, 0.1) is 11.6 Å². The smallest absolute Gasteiger partial charge is 0.273 e. The van der Waals surface area contributed by atoms with Gasteiger partial charge in [-0.25, -0.2) is 13.5 Å². The van der Waals surface area contributed by atoms with Gasteiger partial charge in [-0.2, -0.15) is 0 Å². The number of carbonyl (C=O) groups excluding carboxylic acids is 1. The van der Waals surface area contributed by atoms with Gasteiger partial charge in [0.15, 0.2) is 5.69 Å². The van der Waals surface area contributed by atoms with E-state index < -0.39 is 17.5 Å². The molecule has 0 atom stereocenters. The first-order valence-electron chi connectivity index (χ1n) is 6.14. The standard InChI is InChI=1S/C12H13F2N7O/c1-20(2)18-17-12-10(11(15)22)16-19-21(12)6-7-3-4-8(13)5-9(7)14/h3-5H,6H2,1-2H3,(H2,15,22). The molecule has 0 radical (unpaired) electrons. The van der Waals surface area contributed by atoms with E-state index >= 15 is 0 Å². The van der Waals surface area contributed by atoms with Crippen LogP contribution in [0.3, 0.4) is 0 Å². The van der Waals surface area contributed by atoms with Crippen molar-refractivity contribution in [3.8, 4) is 0 Å². The third-order valence-electron chi connectivity index (χ3n) is 2.60. The first-order chi connectivity index (χ1) is 10.4. The van der Waals surface area contributed by atoms with E-state index in [9.17, 15) is 13.6 Å². The van der Waals surface area contributed by atoms with E-state index in [1.165, 1.54) is 11.1 Å². The van der Waals surface area contributed by atoms with Gasteiger partial charge in [0.2, 0.25) is 5.82 Å². The number of aromatic nitrogens is 3. The predicted molar refractivity (Wildman–Crippen MR) is 72.2 cm³/mol. The van der Waals surface area contributed by atoms with Crippen molar-refractivity contribution >= 4 is 11.7 Å². The summed E-state index contributed by atoms with van der Waals surface area (Å²) < 4.78 is 27.8. The van der Waals surface area contributed by atoms with Crippen molar-refractivity contribution in [2.45, 2.75) is 6.54 Å². The molecule has 10 heteroatoms. The Kier molecular flexibility index (Phi) is 4.39. The number of hydrogen-bond acceptors (Lipinski definition) is 5. The lowest BCUT2D eigenvalue weighted by Crippen LogP contribution is -2.12. The summed E-state index contributed by atoms with van der Waals surface area (Å²) in [4.78, 5) is 11.3. The Morgan fingerprint density at radius 3 is 2.73 bits per heavy atom. The van der Waals surface area contributed by atoms with Crippen LogP contribution in [0.15, 0.2) is 28.5 Å². The van der Waals surface area contributed by atoms with Crippen LogP contribution >= 0.6 is 0 Å². The minimum Gasteiger partial charge on any atom is -0.364 e. The maximum absolute atomic E-state index is 13.7. The van der Waals surface area contributed by atoms with Crippen LogP contribution in [0.4, 0.5) is 14.6 Å². The minimum atomic E-state index is -0.835. The molecule has 2 aromatic rings. The number of hydrogen-bond donors (Lipinski definition) is 1. The fourth-order valence-corrected chi connectivity index (χ4v) is 1.62. The number of nitrogens with two attached hydrogens (primary N) is 1. The molecule has 0 aliphatic heterocycles. The number of halogens is 2. The molecule has 0 saturated heterocycles. The number of nitrogens with zero attached hydrogens (tertiary/aromatic N) is 6. The fourth-order valence-electron chi connectivity index (χ4n) is 1.62. The number of primary amides is 1. The van der Waals surface area contributed by atoms with Crippen molar-refractivity contribution in [2.75, 3.05) is 14.1 Å². The molecule has 1 heterocycles. The average molecular weight is 309 g/mol. The van der Waals surface area contributed by atoms with Crippen molar-refractivity contribution in [1.29, 1.82) is 0 Å². The van der Waals surface area contributed by atoms with Gasteiger partial charge in [-0.05, 0) is 6.07 Å². The molecule has 0 bridgehead atoms. The molecule has 116 valence electrons. The number of rotatable bonds is 5. The van der Waals surface area contributed by atoms with E-state index in [1.54, 1.807) is 14.1 Å². The molecular weight excluding hydrogens is 296 g/mol. The summed E-state index contributed by atoms with van der Waals surface area (Å²) in [6, 6.07) is 3.14. The lowest BCUT2D eigenvalue weighted by atomic mass is 10.2. The van der Waals surface area contributed by atoms with Crippen LogP contribution in [0.1, 0.15) is 16.1 Å². The van der Waals surface area contributed by atoms with Crippen molar-refractivity contribution < 1.29 is 13.6 Å². The van der Waals surface area contributed by atoms with E-state index in [1.807, 2.05) is 0 Å². The predicted octanol–water partition coefficient (Wildman–Crippen LogP) is 1.26. The summed E-state index contributed by atoms with van der Waals surface area (Å²) in [5, 5.41) is 16.3. The quantitative estimate of drug-likeness (QED) is 0.663. The van der Waals surface area contributed by atoms with Gasteiger partial charge in [0, 0.05) is 25.7 Å². The summed E-state index contributed by atoms with van der Waals surface area (Å²) in [6.07, 6.45) is 0. The van der Waals surface area contributed by atoms with Gasteiger partial charge in [-0.1, -0.05) is 16.5 Å². The molecule has 0 unspecified atom stereocenters. The van der Waals surface area contributed by atoms with Crippen LogP contribution in [0.5, 0.6) is 0 Å². The van der Waals surface area contributed by atoms with E-state index in [-0.39, 0.29) is 23.6 Å². The zero-order valence-electron chi connectivity index (χ0n) is 11.9. The molecule has 0 saturated carbocycles. The Bertz CT molecular complexity index is 726. The monoisotopic (exact) mass is 309 g/mol. The fraction of sp³-hybridized carbons (Fsp3) is 0.250. The zero-order chi connectivity index (χ0) is 16.3. The summed E-state index contributed by atoms with van der Waals surface area (Å²) in [5.41, 5.74) is 5.15. The molecule has 2 rings (SSSR count). The van der Waals surface area contributed by atoms with Gasteiger partial charge in [0.25, 0.3) is 5.91 Å². The highest BCUT2D eigenvalue weighted by molar-refractivity contribution is 5.94. The first-order valence-corrected chi connectivity index (χ1v) is 6.14. The maximum atomic E-state index is 13.7. The Morgan fingerprint density at radius 1 is 1.41 bits per heavy atom. The van der Waals surface area contributed by atoms with Gasteiger partial charge in [0.05, 0.1) is 6.54 Å². The van der Waals surface area contributed by atoms with Crippen LogP contribution < -0.4 is 5.73 Å².